The van der Waals surface area contributed by atoms with Crippen LogP contribution in [0.3, 0.4) is 0 Å². The number of hydrogen-bond donors (Lipinski definition) is 2. The third-order valence-corrected chi connectivity index (χ3v) is 4.32. The fourth-order valence-corrected chi connectivity index (χ4v) is 3.32. The van der Waals surface area contributed by atoms with Crippen LogP contribution in [0, 0.1) is 17.8 Å². The van der Waals surface area contributed by atoms with Crippen molar-refractivity contribution in [3.8, 4) is 0 Å². The number of benzene rings is 1. The van der Waals surface area contributed by atoms with E-state index in [1.54, 1.807) is 0 Å². The first kappa shape index (κ1) is 12.3. The topological polar surface area (TPSA) is 55.1 Å². The molecule has 2 aliphatic carbocycles. The molecule has 0 saturated heterocycles. The maximum Gasteiger partial charge on any atom is 0.221 e. The van der Waals surface area contributed by atoms with Gasteiger partial charge < -0.3 is 11.1 Å². The third kappa shape index (κ3) is 2.80. The van der Waals surface area contributed by atoms with Crippen molar-refractivity contribution >= 4 is 11.6 Å². The molecule has 3 unspecified atom stereocenters. The molecule has 1 amide bonds. The summed E-state index contributed by atoms with van der Waals surface area (Å²) in [6, 6.07) is 7.99. The lowest BCUT2D eigenvalue weighted by atomic mass is 9.93. The van der Waals surface area contributed by atoms with Crippen LogP contribution in [0.5, 0.6) is 0 Å². The lowest BCUT2D eigenvalue weighted by molar-refractivity contribution is -0.117. The maximum absolute atomic E-state index is 10.8. The Bertz CT molecular complexity index is 492. The van der Waals surface area contributed by atoms with Gasteiger partial charge >= 0.3 is 0 Å². The highest BCUT2D eigenvalue weighted by Crippen LogP contribution is 2.43. The Morgan fingerprint density at radius 2 is 2.00 bits per heavy atom. The Balaban J connectivity index is 1.53. The molecule has 0 aliphatic heterocycles. The quantitative estimate of drug-likeness (QED) is 0.794. The fraction of sp³-hybridized carbons (Fsp3) is 0.438. The van der Waals surface area contributed by atoms with Crippen molar-refractivity contribution in [2.45, 2.75) is 19.3 Å². The molecule has 3 atom stereocenters. The number of nitrogens with one attached hydrogen (secondary N) is 1. The minimum atomic E-state index is -0.283. The summed E-state index contributed by atoms with van der Waals surface area (Å²) in [4.78, 5) is 10.8. The standard InChI is InChI=1S/C16H20N2O/c17-16(19)9-11-2-5-15(6-3-11)18-10-14-8-12-1-4-13(14)7-12/h1-6,12-14,18H,7-10H2,(H2,17,19). The number of fused-ring (bicyclic) bond motifs is 2. The number of carbonyl (C=O) groups is 1. The molecule has 0 spiro atoms. The molecule has 1 saturated carbocycles. The molecule has 3 rings (SSSR count). The number of hydrogen-bond acceptors (Lipinski definition) is 2. The summed E-state index contributed by atoms with van der Waals surface area (Å²) in [5.41, 5.74) is 7.28. The van der Waals surface area contributed by atoms with Crippen molar-refractivity contribution in [1.29, 1.82) is 0 Å². The van der Waals surface area contributed by atoms with E-state index in [0.29, 0.717) is 6.42 Å². The summed E-state index contributed by atoms with van der Waals surface area (Å²) in [5, 5.41) is 3.50. The smallest absolute Gasteiger partial charge is 0.221 e. The van der Waals surface area contributed by atoms with Crippen molar-refractivity contribution in [1.82, 2.24) is 0 Å². The van der Waals surface area contributed by atoms with Crippen LogP contribution in [0.25, 0.3) is 0 Å². The van der Waals surface area contributed by atoms with E-state index in [1.165, 1.54) is 12.8 Å². The number of primary amides is 1. The van der Waals surface area contributed by atoms with Crippen molar-refractivity contribution in [3.63, 3.8) is 0 Å². The van der Waals surface area contributed by atoms with Gasteiger partial charge in [0.1, 0.15) is 0 Å². The highest BCUT2D eigenvalue weighted by molar-refractivity contribution is 5.76. The van der Waals surface area contributed by atoms with E-state index in [2.05, 4.69) is 17.5 Å². The predicted molar refractivity (Wildman–Crippen MR) is 76.7 cm³/mol. The first-order chi connectivity index (χ1) is 9.20. The number of amides is 1. The summed E-state index contributed by atoms with van der Waals surface area (Å²) in [5.74, 6) is 2.11. The Morgan fingerprint density at radius 3 is 2.58 bits per heavy atom. The Morgan fingerprint density at radius 1 is 1.21 bits per heavy atom. The monoisotopic (exact) mass is 256 g/mol. The Kier molecular flexibility index (Phi) is 3.28. The molecule has 0 radical (unpaired) electrons. The van der Waals surface area contributed by atoms with E-state index in [4.69, 9.17) is 5.73 Å². The first-order valence-corrected chi connectivity index (χ1v) is 7.00. The second-order valence-corrected chi connectivity index (χ2v) is 5.76. The fourth-order valence-electron chi connectivity index (χ4n) is 3.32. The van der Waals surface area contributed by atoms with Crippen LogP contribution in [-0.4, -0.2) is 12.5 Å². The third-order valence-electron chi connectivity index (χ3n) is 4.32. The van der Waals surface area contributed by atoms with Gasteiger partial charge in [0.15, 0.2) is 0 Å². The number of anilines is 1. The van der Waals surface area contributed by atoms with Gasteiger partial charge in [-0.05, 0) is 48.3 Å². The SMILES string of the molecule is NC(=O)Cc1ccc(NCC2CC3C=CC2C3)cc1. The zero-order valence-corrected chi connectivity index (χ0v) is 11.0. The average molecular weight is 256 g/mol. The van der Waals surface area contributed by atoms with Gasteiger partial charge in [0.25, 0.3) is 0 Å². The number of carbonyl (C=O) groups excluding carboxylic acids is 1. The molecular formula is C16H20N2O. The molecule has 3 nitrogen and oxygen atoms in total. The van der Waals surface area contributed by atoms with E-state index in [1.807, 2.05) is 24.3 Å². The van der Waals surface area contributed by atoms with Crippen LogP contribution in [-0.2, 0) is 11.2 Å². The second kappa shape index (κ2) is 5.08. The molecular weight excluding hydrogens is 236 g/mol. The molecule has 1 aromatic carbocycles. The van der Waals surface area contributed by atoms with Crippen LogP contribution in [0.15, 0.2) is 36.4 Å². The molecule has 100 valence electrons. The van der Waals surface area contributed by atoms with Crippen molar-refractivity contribution in [2.75, 3.05) is 11.9 Å². The Labute approximate surface area is 113 Å². The summed E-state index contributed by atoms with van der Waals surface area (Å²) in [6.07, 6.45) is 7.76. The van der Waals surface area contributed by atoms with E-state index in [0.717, 1.165) is 35.5 Å². The zero-order chi connectivity index (χ0) is 13.2. The molecule has 0 heterocycles. The van der Waals surface area contributed by atoms with Crippen molar-refractivity contribution in [2.24, 2.45) is 23.5 Å². The van der Waals surface area contributed by atoms with Gasteiger partial charge in [0.2, 0.25) is 5.91 Å². The van der Waals surface area contributed by atoms with Crippen LogP contribution in [0.1, 0.15) is 18.4 Å². The molecule has 1 fully saturated rings. The summed E-state index contributed by atoms with van der Waals surface area (Å²) >= 11 is 0. The molecule has 2 bridgehead atoms. The van der Waals surface area contributed by atoms with Gasteiger partial charge in [0.05, 0.1) is 6.42 Å². The summed E-state index contributed by atoms with van der Waals surface area (Å²) < 4.78 is 0. The average Bonchev–Trinajstić information content (AvgIpc) is 2.99. The van der Waals surface area contributed by atoms with Gasteiger partial charge in [0, 0.05) is 12.2 Å². The van der Waals surface area contributed by atoms with Gasteiger partial charge in [-0.1, -0.05) is 24.3 Å². The maximum atomic E-state index is 10.8. The lowest BCUT2D eigenvalue weighted by Gasteiger charge is -2.19. The van der Waals surface area contributed by atoms with Crippen molar-refractivity contribution in [3.05, 3.63) is 42.0 Å². The highest BCUT2D eigenvalue weighted by atomic mass is 16.1. The van der Waals surface area contributed by atoms with E-state index < -0.39 is 0 Å². The van der Waals surface area contributed by atoms with Crippen LogP contribution in [0.4, 0.5) is 5.69 Å². The van der Waals surface area contributed by atoms with Crippen molar-refractivity contribution < 1.29 is 4.79 Å². The molecule has 3 heteroatoms. The molecule has 3 N–H and O–H groups in total. The highest BCUT2D eigenvalue weighted by Gasteiger charge is 2.35. The summed E-state index contributed by atoms with van der Waals surface area (Å²) in [6.45, 7) is 1.04. The number of rotatable bonds is 5. The molecule has 0 aromatic heterocycles. The number of allylic oxidation sites excluding steroid dienone is 2. The predicted octanol–water partition coefficient (Wildman–Crippen LogP) is 2.34. The minimum Gasteiger partial charge on any atom is -0.385 e. The largest absolute Gasteiger partial charge is 0.385 e. The molecule has 1 aromatic rings. The molecule has 2 aliphatic rings. The second-order valence-electron chi connectivity index (χ2n) is 5.76. The molecule has 19 heavy (non-hydrogen) atoms. The van der Waals surface area contributed by atoms with E-state index in [9.17, 15) is 4.79 Å². The zero-order valence-electron chi connectivity index (χ0n) is 11.0. The minimum absolute atomic E-state index is 0.283. The van der Waals surface area contributed by atoms with Crippen LogP contribution in [0.2, 0.25) is 0 Å². The lowest BCUT2D eigenvalue weighted by Crippen LogP contribution is -2.18. The van der Waals surface area contributed by atoms with Crippen LogP contribution >= 0.6 is 0 Å². The van der Waals surface area contributed by atoms with Gasteiger partial charge in [-0.25, -0.2) is 0 Å². The van der Waals surface area contributed by atoms with Gasteiger partial charge in [-0.15, -0.1) is 0 Å². The van der Waals surface area contributed by atoms with Gasteiger partial charge in [-0.2, -0.15) is 0 Å². The number of nitrogens with two attached hydrogens (primary N) is 1. The Hall–Kier alpha value is -1.77. The normalized spacial score (nSPS) is 27.7. The van der Waals surface area contributed by atoms with Gasteiger partial charge in [-0.3, -0.25) is 4.79 Å². The van der Waals surface area contributed by atoms with Crippen LogP contribution < -0.4 is 11.1 Å². The first-order valence-electron chi connectivity index (χ1n) is 7.00. The summed E-state index contributed by atoms with van der Waals surface area (Å²) in [7, 11) is 0. The van der Waals surface area contributed by atoms with E-state index in [-0.39, 0.29) is 5.91 Å². The van der Waals surface area contributed by atoms with E-state index >= 15 is 0 Å².